The molecular formula is C20H27N. The summed E-state index contributed by atoms with van der Waals surface area (Å²) < 4.78 is 0. The number of rotatable bonds is 5. The molecule has 0 amide bonds. The van der Waals surface area contributed by atoms with E-state index in [0.717, 1.165) is 19.3 Å². The molecule has 2 aromatic carbocycles. The van der Waals surface area contributed by atoms with Crippen LogP contribution in [0.15, 0.2) is 36.4 Å². The van der Waals surface area contributed by atoms with Crippen molar-refractivity contribution >= 4 is 0 Å². The van der Waals surface area contributed by atoms with Crippen LogP contribution in [0.2, 0.25) is 0 Å². The van der Waals surface area contributed by atoms with Gasteiger partial charge in [0.1, 0.15) is 0 Å². The van der Waals surface area contributed by atoms with Crippen LogP contribution in [0, 0.1) is 27.7 Å². The quantitative estimate of drug-likeness (QED) is 0.862. The van der Waals surface area contributed by atoms with Gasteiger partial charge in [0, 0.05) is 6.04 Å². The van der Waals surface area contributed by atoms with Crippen molar-refractivity contribution in [2.24, 2.45) is 5.73 Å². The Morgan fingerprint density at radius 3 is 2.14 bits per heavy atom. The van der Waals surface area contributed by atoms with Gasteiger partial charge in [-0.3, -0.25) is 0 Å². The summed E-state index contributed by atoms with van der Waals surface area (Å²) in [6.45, 7) is 8.73. The molecular weight excluding hydrogens is 254 g/mol. The molecule has 0 aliphatic heterocycles. The summed E-state index contributed by atoms with van der Waals surface area (Å²) in [6, 6.07) is 13.3. The molecule has 0 radical (unpaired) electrons. The summed E-state index contributed by atoms with van der Waals surface area (Å²) in [5.41, 5.74) is 14.7. The number of hydrogen-bond donors (Lipinski definition) is 1. The maximum absolute atomic E-state index is 6.38. The predicted octanol–water partition coefficient (Wildman–Crippen LogP) is 4.42. The van der Waals surface area contributed by atoms with E-state index in [4.69, 9.17) is 5.73 Å². The van der Waals surface area contributed by atoms with Gasteiger partial charge < -0.3 is 5.73 Å². The molecule has 0 fully saturated rings. The van der Waals surface area contributed by atoms with E-state index in [1.807, 2.05) is 0 Å². The second kappa shape index (κ2) is 6.91. The van der Waals surface area contributed by atoms with Gasteiger partial charge in [0.25, 0.3) is 0 Å². The molecule has 0 heterocycles. The third-order valence-corrected chi connectivity index (χ3v) is 4.35. The Hall–Kier alpha value is -1.60. The van der Waals surface area contributed by atoms with Crippen molar-refractivity contribution in [3.63, 3.8) is 0 Å². The summed E-state index contributed by atoms with van der Waals surface area (Å²) in [5.74, 6) is 0. The fourth-order valence-corrected chi connectivity index (χ4v) is 3.13. The lowest BCUT2D eigenvalue weighted by Crippen LogP contribution is -2.24. The molecule has 0 aliphatic rings. The standard InChI is InChI=1S/C20H27N/c1-14-11-16(3)20(17(4)12-14)13-19(21)10-9-18-8-6-5-7-15(18)2/h5-8,11-12,19H,9-10,13,21H2,1-4H3. The summed E-state index contributed by atoms with van der Waals surface area (Å²) in [6.07, 6.45) is 3.08. The van der Waals surface area contributed by atoms with Gasteiger partial charge in [-0.25, -0.2) is 0 Å². The highest BCUT2D eigenvalue weighted by molar-refractivity contribution is 5.38. The van der Waals surface area contributed by atoms with E-state index in [1.165, 1.54) is 33.4 Å². The predicted molar refractivity (Wildman–Crippen MR) is 91.8 cm³/mol. The summed E-state index contributed by atoms with van der Waals surface area (Å²) in [7, 11) is 0. The fraction of sp³-hybridized carbons (Fsp3) is 0.400. The maximum Gasteiger partial charge on any atom is 0.00826 e. The highest BCUT2D eigenvalue weighted by Gasteiger charge is 2.10. The van der Waals surface area contributed by atoms with Crippen LogP contribution in [-0.2, 0) is 12.8 Å². The van der Waals surface area contributed by atoms with E-state index in [1.54, 1.807) is 0 Å². The lowest BCUT2D eigenvalue weighted by Gasteiger charge is -2.17. The van der Waals surface area contributed by atoms with Crippen molar-refractivity contribution in [1.82, 2.24) is 0 Å². The first-order chi connectivity index (χ1) is 9.97. The van der Waals surface area contributed by atoms with Crippen molar-refractivity contribution in [1.29, 1.82) is 0 Å². The number of aryl methyl sites for hydroxylation is 5. The zero-order valence-electron chi connectivity index (χ0n) is 13.7. The number of hydrogen-bond acceptors (Lipinski definition) is 1. The highest BCUT2D eigenvalue weighted by Crippen LogP contribution is 2.19. The fourth-order valence-electron chi connectivity index (χ4n) is 3.13. The maximum atomic E-state index is 6.38. The normalized spacial score (nSPS) is 12.4. The largest absolute Gasteiger partial charge is 0.327 e. The summed E-state index contributed by atoms with van der Waals surface area (Å²) in [5, 5.41) is 0. The monoisotopic (exact) mass is 281 g/mol. The summed E-state index contributed by atoms with van der Waals surface area (Å²) in [4.78, 5) is 0. The van der Waals surface area contributed by atoms with Crippen molar-refractivity contribution in [3.05, 3.63) is 69.8 Å². The zero-order valence-corrected chi connectivity index (χ0v) is 13.7. The minimum atomic E-state index is 0.227. The minimum Gasteiger partial charge on any atom is -0.327 e. The van der Waals surface area contributed by atoms with E-state index in [0.29, 0.717) is 0 Å². The van der Waals surface area contributed by atoms with Crippen LogP contribution in [-0.4, -0.2) is 6.04 Å². The molecule has 2 aromatic rings. The Kier molecular flexibility index (Phi) is 5.19. The van der Waals surface area contributed by atoms with Crippen LogP contribution in [0.5, 0.6) is 0 Å². The molecule has 0 saturated carbocycles. The van der Waals surface area contributed by atoms with E-state index in [9.17, 15) is 0 Å². The van der Waals surface area contributed by atoms with Crippen molar-refractivity contribution in [2.75, 3.05) is 0 Å². The zero-order chi connectivity index (χ0) is 15.4. The highest BCUT2D eigenvalue weighted by atomic mass is 14.6. The molecule has 0 saturated heterocycles. The number of nitrogens with two attached hydrogens (primary N) is 1. The van der Waals surface area contributed by atoms with E-state index in [-0.39, 0.29) is 6.04 Å². The molecule has 1 heteroatoms. The van der Waals surface area contributed by atoms with Crippen LogP contribution in [0.1, 0.15) is 39.8 Å². The first-order valence-electron chi connectivity index (χ1n) is 7.84. The second-order valence-electron chi connectivity index (χ2n) is 6.31. The molecule has 1 nitrogen and oxygen atoms in total. The average Bonchev–Trinajstić information content (AvgIpc) is 2.42. The molecule has 1 atom stereocenters. The van der Waals surface area contributed by atoms with Crippen LogP contribution in [0.25, 0.3) is 0 Å². The van der Waals surface area contributed by atoms with Crippen molar-refractivity contribution in [2.45, 2.75) is 53.0 Å². The van der Waals surface area contributed by atoms with E-state index < -0.39 is 0 Å². The molecule has 0 spiro atoms. The van der Waals surface area contributed by atoms with Gasteiger partial charge in [-0.2, -0.15) is 0 Å². The van der Waals surface area contributed by atoms with Gasteiger partial charge in [0.05, 0.1) is 0 Å². The lowest BCUT2D eigenvalue weighted by atomic mass is 9.92. The van der Waals surface area contributed by atoms with E-state index in [2.05, 4.69) is 64.1 Å². The smallest absolute Gasteiger partial charge is 0.00826 e. The molecule has 2 rings (SSSR count). The lowest BCUT2D eigenvalue weighted by molar-refractivity contribution is 0.606. The first-order valence-corrected chi connectivity index (χ1v) is 7.84. The van der Waals surface area contributed by atoms with Gasteiger partial charge >= 0.3 is 0 Å². The Labute approximate surface area is 129 Å². The molecule has 1 unspecified atom stereocenters. The van der Waals surface area contributed by atoms with Crippen LogP contribution < -0.4 is 5.73 Å². The van der Waals surface area contributed by atoms with Gasteiger partial charge in [-0.15, -0.1) is 0 Å². The SMILES string of the molecule is Cc1cc(C)c(CC(N)CCc2ccccc2C)c(C)c1. The third kappa shape index (κ3) is 4.18. The Morgan fingerprint density at radius 1 is 0.905 bits per heavy atom. The van der Waals surface area contributed by atoms with Crippen LogP contribution in [0.3, 0.4) is 0 Å². The Balaban J connectivity index is 1.99. The van der Waals surface area contributed by atoms with Gasteiger partial charge in [-0.1, -0.05) is 42.0 Å². The van der Waals surface area contributed by atoms with Crippen LogP contribution >= 0.6 is 0 Å². The molecule has 0 aromatic heterocycles. The van der Waals surface area contributed by atoms with Crippen molar-refractivity contribution in [3.8, 4) is 0 Å². The van der Waals surface area contributed by atoms with Crippen molar-refractivity contribution < 1.29 is 0 Å². The number of benzene rings is 2. The molecule has 2 N–H and O–H groups in total. The minimum absolute atomic E-state index is 0.227. The van der Waals surface area contributed by atoms with Gasteiger partial charge in [0.2, 0.25) is 0 Å². The van der Waals surface area contributed by atoms with Gasteiger partial charge in [0.15, 0.2) is 0 Å². The summed E-state index contributed by atoms with van der Waals surface area (Å²) >= 11 is 0. The van der Waals surface area contributed by atoms with E-state index >= 15 is 0 Å². The topological polar surface area (TPSA) is 26.0 Å². The molecule has 112 valence electrons. The first kappa shape index (κ1) is 15.8. The second-order valence-corrected chi connectivity index (χ2v) is 6.31. The van der Waals surface area contributed by atoms with Gasteiger partial charge in [-0.05, 0) is 74.8 Å². The van der Waals surface area contributed by atoms with Crippen LogP contribution in [0.4, 0.5) is 0 Å². The Bertz CT molecular complexity index is 590. The average molecular weight is 281 g/mol. The molecule has 0 bridgehead atoms. The Morgan fingerprint density at radius 2 is 1.52 bits per heavy atom. The molecule has 0 aliphatic carbocycles. The molecule has 21 heavy (non-hydrogen) atoms. The third-order valence-electron chi connectivity index (χ3n) is 4.35.